The molecule has 26 heavy (non-hydrogen) atoms. The molecular weight excluding hydrogens is 324 g/mol. The maximum absolute atomic E-state index is 12.6. The number of nitrogens with zero attached hydrogens (tertiary/aromatic N) is 2. The normalized spacial score (nSPS) is 11.0. The third-order valence-corrected chi connectivity index (χ3v) is 4.08. The zero-order valence-corrected chi connectivity index (χ0v) is 15.8. The lowest BCUT2D eigenvalue weighted by molar-refractivity contribution is -0.128. The predicted octanol–water partition coefficient (Wildman–Crippen LogP) is 3.84. The van der Waals surface area contributed by atoms with Crippen molar-refractivity contribution in [3.05, 3.63) is 77.4 Å². The third kappa shape index (κ3) is 5.31. The first kappa shape index (κ1) is 19.4. The molecule has 0 heterocycles. The first-order valence-corrected chi connectivity index (χ1v) is 8.73. The predicted molar refractivity (Wildman–Crippen MR) is 106 cm³/mol. The summed E-state index contributed by atoms with van der Waals surface area (Å²) in [6, 6.07) is 17.3. The van der Waals surface area contributed by atoms with E-state index in [0.717, 1.165) is 11.1 Å². The molecule has 0 unspecified atom stereocenters. The number of amides is 2. The van der Waals surface area contributed by atoms with Gasteiger partial charge in [0.05, 0.1) is 0 Å². The van der Waals surface area contributed by atoms with Gasteiger partial charge in [-0.3, -0.25) is 9.59 Å². The van der Waals surface area contributed by atoms with Gasteiger partial charge >= 0.3 is 0 Å². The van der Waals surface area contributed by atoms with E-state index in [1.54, 1.807) is 43.3 Å². The topological polar surface area (TPSA) is 40.6 Å². The highest BCUT2D eigenvalue weighted by Crippen LogP contribution is 2.11. The van der Waals surface area contributed by atoms with E-state index in [9.17, 15) is 9.59 Å². The maximum Gasteiger partial charge on any atom is 0.253 e. The fourth-order valence-corrected chi connectivity index (χ4v) is 2.55. The highest BCUT2D eigenvalue weighted by atomic mass is 16.2. The number of hydrogen-bond acceptors (Lipinski definition) is 2. The first-order valence-electron chi connectivity index (χ1n) is 8.73. The smallest absolute Gasteiger partial charge is 0.253 e. The summed E-state index contributed by atoms with van der Waals surface area (Å²) in [4.78, 5) is 27.9. The lowest BCUT2D eigenvalue weighted by atomic mass is 10.1. The molecule has 0 fully saturated rings. The average molecular weight is 350 g/mol. The van der Waals surface area contributed by atoms with Crippen LogP contribution in [0.1, 0.15) is 35.3 Å². The van der Waals surface area contributed by atoms with Crippen LogP contribution in [0.2, 0.25) is 0 Å². The Morgan fingerprint density at radius 3 is 2.12 bits per heavy atom. The second-order valence-electron chi connectivity index (χ2n) is 6.70. The highest BCUT2D eigenvalue weighted by Gasteiger charge is 2.14. The Labute approximate surface area is 155 Å². The Balaban J connectivity index is 2.07. The average Bonchev–Trinajstić information content (AvgIpc) is 2.64. The van der Waals surface area contributed by atoms with Crippen LogP contribution in [0.25, 0.3) is 6.08 Å². The summed E-state index contributed by atoms with van der Waals surface area (Å²) in [7, 11) is 3.45. The zero-order valence-electron chi connectivity index (χ0n) is 15.8. The molecule has 0 bridgehead atoms. The summed E-state index contributed by atoms with van der Waals surface area (Å²) in [5.74, 6) is -0.0669. The molecule has 0 aromatic heterocycles. The second kappa shape index (κ2) is 8.99. The molecule has 0 saturated heterocycles. The Morgan fingerprint density at radius 1 is 0.962 bits per heavy atom. The molecule has 0 radical (unpaired) electrons. The molecule has 2 rings (SSSR count). The van der Waals surface area contributed by atoms with Gasteiger partial charge in [-0.05, 0) is 43.2 Å². The molecule has 0 N–H and O–H groups in total. The summed E-state index contributed by atoms with van der Waals surface area (Å²) in [6.45, 7) is 4.60. The molecule has 2 amide bonds. The lowest BCUT2D eigenvalue weighted by Gasteiger charge is -2.25. The third-order valence-electron chi connectivity index (χ3n) is 4.08. The summed E-state index contributed by atoms with van der Waals surface area (Å²) >= 11 is 0. The number of benzene rings is 2. The molecule has 2 aromatic rings. The molecule has 0 spiro atoms. The molecule has 0 saturated carbocycles. The van der Waals surface area contributed by atoms with Crippen molar-refractivity contribution in [3.8, 4) is 0 Å². The summed E-state index contributed by atoms with van der Waals surface area (Å²) in [6.07, 6.45) is 3.37. The molecule has 0 aliphatic rings. The quantitative estimate of drug-likeness (QED) is 0.743. The monoisotopic (exact) mass is 350 g/mol. The molecule has 0 atom stereocenters. The van der Waals surface area contributed by atoms with Gasteiger partial charge in [0.15, 0.2) is 0 Å². The van der Waals surface area contributed by atoms with E-state index in [1.165, 1.54) is 0 Å². The lowest BCUT2D eigenvalue weighted by Crippen LogP contribution is -2.35. The number of rotatable bonds is 6. The van der Waals surface area contributed by atoms with E-state index in [1.807, 2.05) is 61.2 Å². The SMILES string of the molecule is CC(C)N(Cc1ccccc1)C(=O)/C=C/c1ccc(C(=O)N(C)C)cc1. The minimum Gasteiger partial charge on any atom is -0.345 e. The molecule has 2 aromatic carbocycles. The van der Waals surface area contributed by atoms with Gasteiger partial charge in [0.2, 0.25) is 5.91 Å². The fourth-order valence-electron chi connectivity index (χ4n) is 2.55. The van der Waals surface area contributed by atoms with Crippen LogP contribution in [0, 0.1) is 0 Å². The molecule has 4 heteroatoms. The van der Waals surface area contributed by atoms with Crippen molar-refractivity contribution in [2.24, 2.45) is 0 Å². The van der Waals surface area contributed by atoms with Crippen molar-refractivity contribution in [2.45, 2.75) is 26.4 Å². The Kier molecular flexibility index (Phi) is 6.73. The van der Waals surface area contributed by atoms with E-state index >= 15 is 0 Å². The van der Waals surface area contributed by atoms with E-state index < -0.39 is 0 Å². The van der Waals surface area contributed by atoms with Crippen LogP contribution in [0.15, 0.2) is 60.7 Å². The highest BCUT2D eigenvalue weighted by molar-refractivity contribution is 5.94. The van der Waals surface area contributed by atoms with Gasteiger partial charge in [0.25, 0.3) is 5.91 Å². The van der Waals surface area contributed by atoms with Gasteiger partial charge in [-0.25, -0.2) is 0 Å². The zero-order chi connectivity index (χ0) is 19.1. The summed E-state index contributed by atoms with van der Waals surface area (Å²) in [5, 5.41) is 0. The van der Waals surface area contributed by atoms with E-state index in [-0.39, 0.29) is 17.9 Å². The van der Waals surface area contributed by atoms with Crippen LogP contribution in [-0.4, -0.2) is 41.8 Å². The van der Waals surface area contributed by atoms with E-state index in [2.05, 4.69) is 0 Å². The summed E-state index contributed by atoms with van der Waals surface area (Å²) < 4.78 is 0. The van der Waals surface area contributed by atoms with Crippen LogP contribution in [-0.2, 0) is 11.3 Å². The first-order chi connectivity index (χ1) is 12.4. The number of hydrogen-bond donors (Lipinski definition) is 0. The summed E-state index contributed by atoms with van der Waals surface area (Å²) in [5.41, 5.74) is 2.62. The van der Waals surface area contributed by atoms with Crippen LogP contribution in [0.5, 0.6) is 0 Å². The van der Waals surface area contributed by atoms with Gasteiger partial charge in [0, 0.05) is 38.3 Å². The molecular formula is C22H26N2O2. The molecule has 0 aliphatic heterocycles. The Hall–Kier alpha value is -2.88. The van der Waals surface area contributed by atoms with E-state index in [4.69, 9.17) is 0 Å². The van der Waals surface area contributed by atoms with Crippen molar-refractivity contribution < 1.29 is 9.59 Å². The second-order valence-corrected chi connectivity index (χ2v) is 6.70. The van der Waals surface area contributed by atoms with Crippen LogP contribution < -0.4 is 0 Å². The van der Waals surface area contributed by atoms with Gasteiger partial charge in [-0.1, -0.05) is 42.5 Å². The van der Waals surface area contributed by atoms with Crippen molar-refractivity contribution in [3.63, 3.8) is 0 Å². The fraction of sp³-hybridized carbons (Fsp3) is 0.273. The molecule has 0 aliphatic carbocycles. The van der Waals surface area contributed by atoms with Crippen LogP contribution in [0.3, 0.4) is 0 Å². The largest absolute Gasteiger partial charge is 0.345 e. The van der Waals surface area contributed by atoms with Crippen molar-refractivity contribution >= 4 is 17.9 Å². The van der Waals surface area contributed by atoms with Crippen LogP contribution >= 0.6 is 0 Å². The Bertz CT molecular complexity index is 762. The van der Waals surface area contributed by atoms with Crippen molar-refractivity contribution in [2.75, 3.05) is 14.1 Å². The van der Waals surface area contributed by atoms with Gasteiger partial charge in [0.1, 0.15) is 0 Å². The Morgan fingerprint density at radius 2 is 1.58 bits per heavy atom. The van der Waals surface area contributed by atoms with E-state index in [0.29, 0.717) is 12.1 Å². The maximum atomic E-state index is 12.6. The van der Waals surface area contributed by atoms with Crippen molar-refractivity contribution in [1.82, 2.24) is 9.80 Å². The number of carbonyl (C=O) groups is 2. The van der Waals surface area contributed by atoms with Crippen molar-refractivity contribution in [1.29, 1.82) is 0 Å². The number of carbonyl (C=O) groups excluding carboxylic acids is 2. The standard InChI is InChI=1S/C22H26N2O2/c1-17(2)24(16-19-8-6-5-7-9-19)21(25)15-12-18-10-13-20(14-11-18)22(26)23(3)4/h5-15,17H,16H2,1-4H3/b15-12+. The van der Waals surface area contributed by atoms with Crippen LogP contribution in [0.4, 0.5) is 0 Å². The van der Waals surface area contributed by atoms with Gasteiger partial charge in [-0.15, -0.1) is 0 Å². The minimum atomic E-state index is -0.0366. The van der Waals surface area contributed by atoms with Gasteiger partial charge in [-0.2, -0.15) is 0 Å². The minimum absolute atomic E-state index is 0.0303. The molecule has 136 valence electrons. The molecule has 4 nitrogen and oxygen atoms in total. The van der Waals surface area contributed by atoms with Gasteiger partial charge < -0.3 is 9.80 Å².